The molecule has 6 rings (SSSR count). The Kier molecular flexibility index (Phi) is 10.5. The van der Waals surface area contributed by atoms with Crippen LogP contribution in [0, 0.1) is 0 Å². The summed E-state index contributed by atoms with van der Waals surface area (Å²) in [7, 11) is 1.36. The van der Waals surface area contributed by atoms with Gasteiger partial charge in [0, 0.05) is 32.2 Å². The minimum atomic E-state index is -1.36. The van der Waals surface area contributed by atoms with Crippen molar-refractivity contribution in [2.75, 3.05) is 24.3 Å². The molecule has 16 heteroatoms. The van der Waals surface area contributed by atoms with Gasteiger partial charge in [-0.25, -0.2) is 19.1 Å². The van der Waals surface area contributed by atoms with Gasteiger partial charge in [-0.2, -0.15) is 5.10 Å². The average molecular weight is 671 g/mol. The lowest BCUT2D eigenvalue weighted by Gasteiger charge is -2.32. The van der Waals surface area contributed by atoms with E-state index in [-0.39, 0.29) is 53.9 Å². The Morgan fingerprint density at radius 2 is 1.69 bits per heavy atom. The van der Waals surface area contributed by atoms with E-state index in [1.54, 1.807) is 17.0 Å². The van der Waals surface area contributed by atoms with E-state index in [1.807, 2.05) is 30.3 Å². The average Bonchev–Trinajstić information content (AvgIpc) is 3.54. The molecule has 5 aromatic rings. The van der Waals surface area contributed by atoms with Crippen molar-refractivity contribution in [2.24, 2.45) is 11.5 Å². The number of carbonyl (C=O) groups excluding carboxylic acids is 3. The summed E-state index contributed by atoms with van der Waals surface area (Å²) in [5.74, 6) is -3.21. The van der Waals surface area contributed by atoms with Gasteiger partial charge in [0.1, 0.15) is 22.6 Å². The number of nitrogen functional groups attached to an aromatic ring is 1. The lowest BCUT2D eigenvalue weighted by atomic mass is 9.96. The van der Waals surface area contributed by atoms with Gasteiger partial charge in [0.25, 0.3) is 22.7 Å². The number of esters is 1. The number of amides is 2. The van der Waals surface area contributed by atoms with Crippen molar-refractivity contribution >= 4 is 40.8 Å². The number of benzene rings is 2. The summed E-state index contributed by atoms with van der Waals surface area (Å²) >= 11 is 0. The molecule has 3 heterocycles. The molecule has 0 unspecified atom stereocenters. The van der Waals surface area contributed by atoms with Gasteiger partial charge in [-0.05, 0) is 40.8 Å². The molecular formula is C33H34N8O8. The highest BCUT2D eigenvalue weighted by atomic mass is 16.5. The van der Waals surface area contributed by atoms with E-state index >= 15 is 0 Å². The Labute approximate surface area is 278 Å². The summed E-state index contributed by atoms with van der Waals surface area (Å²) in [5, 5.41) is 16.0. The summed E-state index contributed by atoms with van der Waals surface area (Å²) in [6, 6.07) is 13.7. The maximum atomic E-state index is 12.8. The van der Waals surface area contributed by atoms with E-state index < -0.39 is 28.6 Å². The number of nitrogens with zero attached hydrogens (tertiary/aromatic N) is 4. The molecule has 0 fully saturated rings. The van der Waals surface area contributed by atoms with Crippen LogP contribution in [0.4, 0.5) is 11.4 Å². The SMILES string of the molecule is C.COC(=O)c1ccc(CN)cc1.NC(=O)c1cnn2c(C(=O)O)cc(C(=O)NCc3ccc4c(c3)CN(c3c(N)c(=O)c3=O)CC4)nc12. The van der Waals surface area contributed by atoms with Crippen molar-refractivity contribution in [3.05, 3.63) is 120 Å². The topological polar surface area (TPSA) is 255 Å². The largest absolute Gasteiger partial charge is 0.477 e. The standard InChI is InChI=1S/C23H19N7O6.C9H11NO2.CH4/c24-16-17(19(32)18(16)31)29-4-3-11-2-1-10(5-12(11)9-29)7-26-22(34)14-6-15(23(35)36)30-21(28-14)13(8-27-30)20(25)33;1-12-9(11)8-4-2-7(6-10)3-5-8;/h1-2,5-6,8H,3-4,7,9,24H2,(H2,25,33)(H,26,34)(H,35,36);2-5H,6,10H2,1H3;1H4. The first-order valence-corrected chi connectivity index (χ1v) is 14.4. The predicted octanol–water partition coefficient (Wildman–Crippen LogP) is 0.765. The molecule has 0 bridgehead atoms. The third kappa shape index (κ3) is 7.13. The van der Waals surface area contributed by atoms with E-state index in [1.165, 1.54) is 7.11 Å². The summed E-state index contributed by atoms with van der Waals surface area (Å²) in [5.41, 5.74) is 18.9. The van der Waals surface area contributed by atoms with Gasteiger partial charge in [-0.3, -0.25) is 19.2 Å². The van der Waals surface area contributed by atoms with Crippen LogP contribution in [0.1, 0.15) is 71.4 Å². The van der Waals surface area contributed by atoms with Crippen LogP contribution in [0.15, 0.2) is 64.3 Å². The normalized spacial score (nSPS) is 11.9. The number of rotatable bonds is 8. The van der Waals surface area contributed by atoms with E-state index in [0.29, 0.717) is 31.6 Å². The molecule has 0 spiro atoms. The molecular weight excluding hydrogens is 636 g/mol. The number of nitrogens with one attached hydrogen (secondary N) is 1. The summed E-state index contributed by atoms with van der Waals surface area (Å²) in [6.07, 6.45) is 1.75. The third-order valence-corrected chi connectivity index (χ3v) is 7.77. The number of aromatic nitrogens is 3. The molecule has 0 radical (unpaired) electrons. The van der Waals surface area contributed by atoms with Crippen LogP contribution in [0.2, 0.25) is 0 Å². The zero-order valence-electron chi connectivity index (χ0n) is 25.6. The van der Waals surface area contributed by atoms with Gasteiger partial charge in [0.2, 0.25) is 0 Å². The van der Waals surface area contributed by atoms with Crippen molar-refractivity contribution in [2.45, 2.75) is 33.5 Å². The maximum absolute atomic E-state index is 12.8. The van der Waals surface area contributed by atoms with E-state index in [2.05, 4.69) is 20.1 Å². The monoisotopic (exact) mass is 670 g/mol. The van der Waals surface area contributed by atoms with Gasteiger partial charge >= 0.3 is 11.9 Å². The van der Waals surface area contributed by atoms with Crippen LogP contribution < -0.4 is 38.3 Å². The third-order valence-electron chi connectivity index (χ3n) is 7.77. The number of carboxylic acids is 1. The first-order valence-electron chi connectivity index (χ1n) is 14.4. The molecule has 16 nitrogen and oxygen atoms in total. The lowest BCUT2D eigenvalue weighted by molar-refractivity contribution is 0.0599. The Morgan fingerprint density at radius 1 is 1.00 bits per heavy atom. The number of aromatic carboxylic acids is 1. The Morgan fingerprint density at radius 3 is 2.31 bits per heavy atom. The quantitative estimate of drug-likeness (QED) is 0.113. The molecule has 0 saturated carbocycles. The summed E-state index contributed by atoms with van der Waals surface area (Å²) < 4.78 is 5.47. The van der Waals surface area contributed by atoms with Crippen molar-refractivity contribution in [1.82, 2.24) is 19.9 Å². The van der Waals surface area contributed by atoms with E-state index in [0.717, 1.165) is 39.0 Å². The minimum absolute atomic E-state index is 0. The molecule has 1 aliphatic rings. The van der Waals surface area contributed by atoms with E-state index in [4.69, 9.17) is 17.2 Å². The van der Waals surface area contributed by atoms with Crippen LogP contribution in [0.3, 0.4) is 0 Å². The Balaban J connectivity index is 0.000000354. The second-order valence-electron chi connectivity index (χ2n) is 10.8. The number of hydrogen-bond acceptors (Lipinski definition) is 12. The zero-order chi connectivity index (χ0) is 34.7. The lowest BCUT2D eigenvalue weighted by Crippen LogP contribution is -2.44. The Bertz CT molecular complexity index is 2150. The number of methoxy groups -OCH3 is 1. The molecule has 2 amide bonds. The van der Waals surface area contributed by atoms with Crippen LogP contribution in [0.25, 0.3) is 5.65 Å². The van der Waals surface area contributed by atoms with Gasteiger partial charge in [-0.15, -0.1) is 0 Å². The van der Waals surface area contributed by atoms with Crippen molar-refractivity contribution in [3.63, 3.8) is 0 Å². The highest BCUT2D eigenvalue weighted by molar-refractivity contribution is 6.01. The van der Waals surface area contributed by atoms with Crippen LogP contribution >= 0.6 is 0 Å². The van der Waals surface area contributed by atoms with Crippen LogP contribution in [-0.4, -0.2) is 57.1 Å². The highest BCUT2D eigenvalue weighted by Gasteiger charge is 2.27. The first kappa shape index (κ1) is 35.4. The summed E-state index contributed by atoms with van der Waals surface area (Å²) in [6.45, 7) is 1.54. The van der Waals surface area contributed by atoms with Crippen LogP contribution in [-0.2, 0) is 30.8 Å². The van der Waals surface area contributed by atoms with Crippen LogP contribution in [0.5, 0.6) is 0 Å². The van der Waals surface area contributed by atoms with Gasteiger partial charge in [0.15, 0.2) is 11.3 Å². The second-order valence-corrected chi connectivity index (χ2v) is 10.8. The van der Waals surface area contributed by atoms with E-state index in [9.17, 15) is 33.9 Å². The number of nitrogens with two attached hydrogens (primary N) is 3. The minimum Gasteiger partial charge on any atom is -0.477 e. The fourth-order valence-corrected chi connectivity index (χ4v) is 5.20. The number of primary amides is 1. The smallest absolute Gasteiger partial charge is 0.354 e. The van der Waals surface area contributed by atoms with Crippen molar-refractivity contribution in [1.29, 1.82) is 0 Å². The number of hydrogen-bond donors (Lipinski definition) is 5. The number of carbonyl (C=O) groups is 4. The first-order chi connectivity index (χ1) is 22.9. The molecule has 0 aliphatic carbocycles. The Hall–Kier alpha value is -6.42. The maximum Gasteiger partial charge on any atom is 0.354 e. The molecule has 254 valence electrons. The molecule has 8 N–H and O–H groups in total. The molecule has 0 saturated heterocycles. The molecule has 49 heavy (non-hydrogen) atoms. The zero-order valence-corrected chi connectivity index (χ0v) is 25.6. The molecule has 2 aromatic heterocycles. The fraction of sp³-hybridized carbons (Fsp3) is 0.212. The molecule has 1 aliphatic heterocycles. The highest BCUT2D eigenvalue weighted by Crippen LogP contribution is 2.26. The van der Waals surface area contributed by atoms with Gasteiger partial charge < -0.3 is 37.3 Å². The second kappa shape index (κ2) is 14.6. The van der Waals surface area contributed by atoms with Gasteiger partial charge in [-0.1, -0.05) is 37.8 Å². The molecule has 3 aromatic carbocycles. The number of ether oxygens (including phenoxy) is 1. The molecule has 0 atom stereocenters. The number of carboxylic acid groups (broad SMARTS) is 1. The van der Waals surface area contributed by atoms with Crippen molar-refractivity contribution < 1.29 is 29.0 Å². The van der Waals surface area contributed by atoms with Gasteiger partial charge in [0.05, 0.1) is 18.9 Å². The number of anilines is 2. The number of fused-ring (bicyclic) bond motifs is 2. The summed E-state index contributed by atoms with van der Waals surface area (Å²) in [4.78, 5) is 76.3. The van der Waals surface area contributed by atoms with Crippen molar-refractivity contribution in [3.8, 4) is 0 Å². The predicted molar refractivity (Wildman–Crippen MR) is 179 cm³/mol. The fourth-order valence-electron chi connectivity index (χ4n) is 5.20.